The van der Waals surface area contributed by atoms with Crippen molar-refractivity contribution in [3.05, 3.63) is 46.6 Å². The Hall–Kier alpha value is -1.85. The number of hydrogen-bond acceptors (Lipinski definition) is 3. The minimum atomic E-state index is 0.272. The lowest BCUT2D eigenvalue weighted by atomic mass is 9.99. The van der Waals surface area contributed by atoms with E-state index in [2.05, 4.69) is 22.9 Å². The molecule has 2 aromatic heterocycles. The van der Waals surface area contributed by atoms with E-state index in [9.17, 15) is 4.79 Å². The van der Waals surface area contributed by atoms with Crippen LogP contribution in [0.5, 0.6) is 0 Å². The molecule has 1 aliphatic rings. The molecule has 6 heteroatoms. The quantitative estimate of drug-likeness (QED) is 0.638. The maximum absolute atomic E-state index is 12.5. The Morgan fingerprint density at radius 3 is 2.73 bits per heavy atom. The number of halogens is 1. The molecule has 26 heavy (non-hydrogen) atoms. The fourth-order valence-corrected chi connectivity index (χ4v) is 4.45. The fraction of sp³-hybridized carbons (Fsp3) is 0.400. The van der Waals surface area contributed by atoms with Crippen LogP contribution in [-0.4, -0.2) is 33.3 Å². The van der Waals surface area contributed by atoms with Gasteiger partial charge in [-0.1, -0.05) is 30.7 Å². The largest absolute Gasteiger partial charge is 0.343 e. The number of rotatable bonds is 4. The van der Waals surface area contributed by atoms with E-state index in [0.717, 1.165) is 65.2 Å². The van der Waals surface area contributed by atoms with Gasteiger partial charge in [0.1, 0.15) is 0 Å². The molecule has 0 bridgehead atoms. The van der Waals surface area contributed by atoms with Gasteiger partial charge in [-0.05, 0) is 37.3 Å². The number of amides is 1. The van der Waals surface area contributed by atoms with Crippen LogP contribution in [-0.2, 0) is 11.2 Å². The average Bonchev–Trinajstić information content (AvgIpc) is 3.22. The number of carbonyl (C=O) groups excluding carboxylic acids is 1. The number of benzene rings is 1. The minimum absolute atomic E-state index is 0.272. The van der Waals surface area contributed by atoms with Gasteiger partial charge >= 0.3 is 0 Å². The molecule has 1 saturated heterocycles. The first kappa shape index (κ1) is 17.6. The van der Waals surface area contributed by atoms with Crippen molar-refractivity contribution in [1.29, 1.82) is 0 Å². The van der Waals surface area contributed by atoms with E-state index in [1.54, 1.807) is 11.3 Å². The van der Waals surface area contributed by atoms with Gasteiger partial charge in [0.25, 0.3) is 0 Å². The highest BCUT2D eigenvalue weighted by molar-refractivity contribution is 7.15. The third kappa shape index (κ3) is 3.64. The zero-order valence-corrected chi connectivity index (χ0v) is 16.4. The molecule has 1 amide bonds. The third-order valence-electron chi connectivity index (χ3n) is 5.15. The van der Waals surface area contributed by atoms with Crippen LogP contribution in [0.15, 0.2) is 35.8 Å². The third-order valence-corrected chi connectivity index (χ3v) is 6.30. The number of fused-ring (bicyclic) bond motifs is 1. The summed E-state index contributed by atoms with van der Waals surface area (Å²) in [7, 11) is 0. The Labute approximate surface area is 162 Å². The zero-order valence-electron chi connectivity index (χ0n) is 14.8. The summed E-state index contributed by atoms with van der Waals surface area (Å²) in [6, 6.07) is 7.72. The van der Waals surface area contributed by atoms with Gasteiger partial charge in [0.05, 0.1) is 5.69 Å². The molecule has 0 spiro atoms. The Morgan fingerprint density at radius 1 is 1.27 bits per heavy atom. The van der Waals surface area contributed by atoms with Gasteiger partial charge < -0.3 is 4.90 Å². The van der Waals surface area contributed by atoms with Crippen molar-refractivity contribution < 1.29 is 4.79 Å². The summed E-state index contributed by atoms with van der Waals surface area (Å²) in [5.74, 6) is 1.02. The van der Waals surface area contributed by atoms with Crippen molar-refractivity contribution in [1.82, 2.24) is 14.3 Å². The molecule has 0 saturated carbocycles. The van der Waals surface area contributed by atoms with Gasteiger partial charge in [-0.3, -0.25) is 9.20 Å². The maximum Gasteiger partial charge on any atom is 0.222 e. The Balaban J connectivity index is 1.45. The molecular weight excluding hydrogens is 366 g/mol. The number of nitrogens with zero attached hydrogens (tertiary/aromatic N) is 3. The predicted octanol–water partition coefficient (Wildman–Crippen LogP) is 4.91. The normalized spacial score (nSPS) is 15.7. The zero-order chi connectivity index (χ0) is 18.1. The molecule has 4 nitrogen and oxygen atoms in total. The molecule has 0 N–H and O–H groups in total. The highest BCUT2D eigenvalue weighted by atomic mass is 35.5. The first-order chi connectivity index (χ1) is 12.6. The molecule has 4 rings (SSSR count). The molecule has 3 aromatic rings. The second-order valence-corrected chi connectivity index (χ2v) is 8.35. The summed E-state index contributed by atoms with van der Waals surface area (Å²) in [6.45, 7) is 4.08. The van der Waals surface area contributed by atoms with Crippen LogP contribution >= 0.6 is 22.9 Å². The molecule has 0 aliphatic carbocycles. The molecule has 0 unspecified atom stereocenters. The number of carbonyl (C=O) groups is 1. The molecule has 0 radical (unpaired) electrons. The monoisotopic (exact) mass is 387 g/mol. The number of hydrogen-bond donors (Lipinski definition) is 0. The Morgan fingerprint density at radius 2 is 2.00 bits per heavy atom. The van der Waals surface area contributed by atoms with E-state index in [-0.39, 0.29) is 5.91 Å². The first-order valence-electron chi connectivity index (χ1n) is 9.09. The number of thiazole rings is 1. The van der Waals surface area contributed by atoms with Crippen molar-refractivity contribution in [3.63, 3.8) is 0 Å². The summed E-state index contributed by atoms with van der Waals surface area (Å²) in [6.07, 6.45) is 5.62. The fourth-order valence-electron chi connectivity index (χ4n) is 3.42. The Bertz CT molecular complexity index is 907. The average molecular weight is 388 g/mol. The van der Waals surface area contributed by atoms with E-state index in [4.69, 9.17) is 16.6 Å². The van der Waals surface area contributed by atoms with E-state index < -0.39 is 0 Å². The highest BCUT2D eigenvalue weighted by Gasteiger charge is 2.20. The van der Waals surface area contributed by atoms with E-state index in [1.165, 1.54) is 0 Å². The van der Waals surface area contributed by atoms with Gasteiger partial charge in [-0.2, -0.15) is 0 Å². The molecule has 1 fully saturated rings. The number of aryl methyl sites for hydroxylation is 1. The second kappa shape index (κ2) is 7.41. The lowest BCUT2D eigenvalue weighted by Crippen LogP contribution is -2.38. The van der Waals surface area contributed by atoms with Crippen LogP contribution in [0, 0.1) is 5.92 Å². The second-order valence-electron chi connectivity index (χ2n) is 7.08. The lowest BCUT2D eigenvalue weighted by molar-refractivity contribution is -0.132. The minimum Gasteiger partial charge on any atom is -0.343 e. The summed E-state index contributed by atoms with van der Waals surface area (Å²) >= 11 is 7.59. The lowest BCUT2D eigenvalue weighted by Gasteiger charge is -2.30. The van der Waals surface area contributed by atoms with E-state index in [1.807, 2.05) is 29.2 Å². The van der Waals surface area contributed by atoms with Gasteiger partial charge in [-0.15, -0.1) is 11.3 Å². The van der Waals surface area contributed by atoms with Crippen molar-refractivity contribution >= 4 is 33.8 Å². The smallest absolute Gasteiger partial charge is 0.222 e. The van der Waals surface area contributed by atoms with Crippen LogP contribution in [0.2, 0.25) is 5.02 Å². The van der Waals surface area contributed by atoms with Crippen LogP contribution in [0.4, 0.5) is 0 Å². The van der Waals surface area contributed by atoms with Crippen molar-refractivity contribution in [2.24, 2.45) is 5.92 Å². The number of piperidine rings is 1. The van der Waals surface area contributed by atoms with Crippen molar-refractivity contribution in [2.75, 3.05) is 13.1 Å². The van der Waals surface area contributed by atoms with Crippen LogP contribution in [0.1, 0.15) is 31.9 Å². The van der Waals surface area contributed by atoms with E-state index >= 15 is 0 Å². The maximum atomic E-state index is 12.5. The van der Waals surface area contributed by atoms with E-state index in [0.29, 0.717) is 6.42 Å². The van der Waals surface area contributed by atoms with Gasteiger partial charge in [0.2, 0.25) is 5.91 Å². The topological polar surface area (TPSA) is 37.6 Å². The number of aromatic nitrogens is 2. The highest BCUT2D eigenvalue weighted by Crippen LogP contribution is 2.25. The van der Waals surface area contributed by atoms with Crippen LogP contribution < -0.4 is 0 Å². The standard InChI is InChI=1S/C20H22ClN3OS/c1-14-8-10-23(11-9-14)19(25)7-6-17-13-26-20-22-18(12-24(17)20)15-2-4-16(21)5-3-15/h2-5,12-14H,6-11H2,1H3. The molecule has 3 heterocycles. The number of likely N-dealkylation sites (tertiary alicyclic amines) is 1. The molecule has 0 atom stereocenters. The van der Waals surface area contributed by atoms with Gasteiger partial charge in [0, 0.05) is 47.4 Å². The summed E-state index contributed by atoms with van der Waals surface area (Å²) in [4.78, 5) is 20.2. The predicted molar refractivity (Wildman–Crippen MR) is 107 cm³/mol. The SMILES string of the molecule is CC1CCN(C(=O)CCc2csc3nc(-c4ccc(Cl)cc4)cn23)CC1. The Kier molecular flexibility index (Phi) is 5.00. The van der Waals surface area contributed by atoms with Gasteiger partial charge in [-0.25, -0.2) is 4.98 Å². The van der Waals surface area contributed by atoms with Crippen molar-refractivity contribution in [2.45, 2.75) is 32.6 Å². The molecule has 1 aliphatic heterocycles. The summed E-state index contributed by atoms with van der Waals surface area (Å²) < 4.78 is 2.11. The molecule has 1 aromatic carbocycles. The van der Waals surface area contributed by atoms with Crippen LogP contribution in [0.3, 0.4) is 0 Å². The molecule has 136 valence electrons. The van der Waals surface area contributed by atoms with Crippen molar-refractivity contribution in [3.8, 4) is 11.3 Å². The summed E-state index contributed by atoms with van der Waals surface area (Å²) in [5.41, 5.74) is 3.14. The summed E-state index contributed by atoms with van der Waals surface area (Å²) in [5, 5.41) is 2.83. The number of imidazole rings is 1. The van der Waals surface area contributed by atoms with Gasteiger partial charge in [0.15, 0.2) is 4.96 Å². The molecular formula is C20H22ClN3OS. The first-order valence-corrected chi connectivity index (χ1v) is 10.3. The van der Waals surface area contributed by atoms with Crippen LogP contribution in [0.25, 0.3) is 16.2 Å².